The van der Waals surface area contributed by atoms with Gasteiger partial charge in [-0.15, -0.1) is 0 Å². The van der Waals surface area contributed by atoms with Crippen LogP contribution < -0.4 is 15.5 Å². The van der Waals surface area contributed by atoms with Gasteiger partial charge in [-0.2, -0.15) is 13.2 Å². The van der Waals surface area contributed by atoms with Gasteiger partial charge in [0, 0.05) is 61.8 Å². The van der Waals surface area contributed by atoms with Gasteiger partial charge in [-0.25, -0.2) is 14.4 Å². The maximum atomic E-state index is 15.6. The van der Waals surface area contributed by atoms with Gasteiger partial charge < -0.3 is 20.4 Å². The van der Waals surface area contributed by atoms with Crippen LogP contribution in [0.15, 0.2) is 47.1 Å². The largest absolute Gasteiger partial charge is 0.414 e. The molecule has 2 aliphatic heterocycles. The van der Waals surface area contributed by atoms with Crippen molar-refractivity contribution >= 4 is 35.2 Å². The van der Waals surface area contributed by atoms with Crippen LogP contribution in [0.3, 0.4) is 0 Å². The molecular formula is C29H32F4N6O2. The van der Waals surface area contributed by atoms with Gasteiger partial charge in [0.2, 0.25) is 5.91 Å². The summed E-state index contributed by atoms with van der Waals surface area (Å²) in [6.07, 6.45) is 3.35. The molecule has 1 unspecified atom stereocenters. The summed E-state index contributed by atoms with van der Waals surface area (Å²) in [5.41, 5.74) is -0.180. The fraction of sp³-hybridized carbons (Fsp3) is 0.448. The summed E-state index contributed by atoms with van der Waals surface area (Å²) in [6, 6.07) is 6.56. The summed E-state index contributed by atoms with van der Waals surface area (Å²) in [5.74, 6) is -3.80. The highest BCUT2D eigenvalue weighted by molar-refractivity contribution is 6.11. The number of aliphatic imine (C=N–C) groups is 1. The van der Waals surface area contributed by atoms with Gasteiger partial charge in [0.25, 0.3) is 5.91 Å². The van der Waals surface area contributed by atoms with E-state index in [1.54, 1.807) is 12.1 Å². The molecule has 2 aromatic rings. The zero-order valence-electron chi connectivity index (χ0n) is 22.7. The van der Waals surface area contributed by atoms with Crippen molar-refractivity contribution in [2.75, 3.05) is 48.8 Å². The van der Waals surface area contributed by atoms with Crippen LogP contribution in [0.1, 0.15) is 32.1 Å². The van der Waals surface area contributed by atoms with E-state index in [2.05, 4.69) is 25.5 Å². The summed E-state index contributed by atoms with van der Waals surface area (Å²) in [6.45, 7) is 2.45. The zero-order chi connectivity index (χ0) is 29.1. The summed E-state index contributed by atoms with van der Waals surface area (Å²) in [5, 5.41) is 5.99. The number of amides is 2. The monoisotopic (exact) mass is 572 g/mol. The van der Waals surface area contributed by atoms with E-state index in [4.69, 9.17) is 0 Å². The van der Waals surface area contributed by atoms with E-state index < -0.39 is 35.3 Å². The Balaban J connectivity index is 1.45. The first-order valence-electron chi connectivity index (χ1n) is 13.8. The number of aromatic nitrogens is 1. The SMILES string of the molecule is CN1CCN(c2cc(F)c(-c3ccc(NC4CCCCC4)nc3)cc2NC(=O)C2C=NC(=O)C=C2C(F)(F)F)CC1. The minimum Gasteiger partial charge on any atom is -0.367 e. The summed E-state index contributed by atoms with van der Waals surface area (Å²) in [7, 11) is 1.96. The number of halogens is 4. The molecular weight excluding hydrogens is 540 g/mol. The summed E-state index contributed by atoms with van der Waals surface area (Å²) in [4.78, 5) is 36.6. The third-order valence-electron chi connectivity index (χ3n) is 7.79. The smallest absolute Gasteiger partial charge is 0.367 e. The highest BCUT2D eigenvalue weighted by Gasteiger charge is 2.43. The number of carbonyl (C=O) groups is 2. The predicted octanol–water partition coefficient (Wildman–Crippen LogP) is 5.04. The number of hydrogen-bond donors (Lipinski definition) is 2. The Bertz CT molecular complexity index is 1340. The van der Waals surface area contributed by atoms with E-state index in [1.165, 1.54) is 37.6 Å². The van der Waals surface area contributed by atoms with Crippen LogP contribution in [0.4, 0.5) is 34.8 Å². The minimum absolute atomic E-state index is 0.147. The summed E-state index contributed by atoms with van der Waals surface area (Å²) >= 11 is 0. The molecule has 5 rings (SSSR count). The van der Waals surface area contributed by atoms with E-state index in [0.717, 1.165) is 12.8 Å². The Morgan fingerprint density at radius 3 is 2.44 bits per heavy atom. The normalized spacial score (nSPS) is 20.6. The molecule has 1 saturated carbocycles. The molecule has 8 nitrogen and oxygen atoms in total. The number of nitrogens with one attached hydrogen (secondary N) is 2. The molecule has 41 heavy (non-hydrogen) atoms. The molecule has 3 aliphatic rings. The van der Waals surface area contributed by atoms with Crippen LogP contribution in [0.5, 0.6) is 0 Å². The highest BCUT2D eigenvalue weighted by atomic mass is 19.4. The molecule has 0 radical (unpaired) electrons. The lowest BCUT2D eigenvalue weighted by molar-refractivity contribution is -0.124. The Morgan fingerprint density at radius 1 is 1.05 bits per heavy atom. The maximum absolute atomic E-state index is 15.6. The van der Waals surface area contributed by atoms with Gasteiger partial charge in [-0.05, 0) is 44.2 Å². The van der Waals surface area contributed by atoms with Gasteiger partial charge in [0.05, 0.1) is 16.9 Å². The Kier molecular flexibility index (Phi) is 8.39. The minimum atomic E-state index is -4.91. The molecule has 1 aromatic carbocycles. The van der Waals surface area contributed by atoms with E-state index in [1.807, 2.05) is 11.9 Å². The fourth-order valence-corrected chi connectivity index (χ4v) is 5.45. The Hall–Kier alpha value is -3.80. The predicted molar refractivity (Wildman–Crippen MR) is 150 cm³/mol. The van der Waals surface area contributed by atoms with Crippen LogP contribution in [-0.2, 0) is 9.59 Å². The van der Waals surface area contributed by atoms with E-state index >= 15 is 4.39 Å². The molecule has 0 bridgehead atoms. The third-order valence-corrected chi connectivity index (χ3v) is 7.79. The fourth-order valence-electron chi connectivity index (χ4n) is 5.45. The van der Waals surface area contributed by atoms with Crippen LogP contribution >= 0.6 is 0 Å². The number of hydrogen-bond acceptors (Lipinski definition) is 6. The van der Waals surface area contributed by atoms with Gasteiger partial charge in [-0.1, -0.05) is 19.3 Å². The van der Waals surface area contributed by atoms with Crippen molar-refractivity contribution < 1.29 is 27.2 Å². The first-order chi connectivity index (χ1) is 19.6. The second kappa shape index (κ2) is 12.0. The molecule has 1 aliphatic carbocycles. The highest BCUT2D eigenvalue weighted by Crippen LogP contribution is 2.37. The number of alkyl halides is 3. The van der Waals surface area contributed by atoms with Crippen molar-refractivity contribution in [3.05, 3.63) is 47.9 Å². The number of carbonyl (C=O) groups excluding carboxylic acids is 2. The van der Waals surface area contributed by atoms with Crippen molar-refractivity contribution in [1.29, 1.82) is 0 Å². The lowest BCUT2D eigenvalue weighted by Gasteiger charge is -2.35. The first-order valence-corrected chi connectivity index (χ1v) is 13.8. The Morgan fingerprint density at radius 2 is 1.78 bits per heavy atom. The zero-order valence-corrected chi connectivity index (χ0v) is 22.7. The van der Waals surface area contributed by atoms with Crippen LogP contribution in [-0.4, -0.2) is 73.4 Å². The molecule has 0 spiro atoms. The Labute approximate surface area is 235 Å². The van der Waals surface area contributed by atoms with Crippen LogP contribution in [0.2, 0.25) is 0 Å². The van der Waals surface area contributed by atoms with E-state index in [9.17, 15) is 22.8 Å². The molecule has 12 heteroatoms. The number of dihydropyridines is 1. The molecule has 218 valence electrons. The van der Waals surface area contributed by atoms with Crippen molar-refractivity contribution in [2.45, 2.75) is 44.3 Å². The molecule has 2 fully saturated rings. The number of likely N-dealkylation sites (N-methyl/N-ethyl adjacent to an activating group) is 1. The number of benzene rings is 1. The van der Waals surface area contributed by atoms with Crippen LogP contribution in [0.25, 0.3) is 11.1 Å². The van der Waals surface area contributed by atoms with Crippen LogP contribution in [0, 0.1) is 11.7 Å². The molecule has 2 N–H and O–H groups in total. The molecule has 2 amide bonds. The molecule has 1 aromatic heterocycles. The molecule has 1 saturated heterocycles. The standard InChI is InChI=1S/C29H32F4N6O2/c1-38-9-11-39(12-10-38)25-15-23(30)20(18-7-8-26(34-16-18)36-19-5-3-2-4-6-19)13-24(25)37-28(41)21-17-35-27(40)14-22(21)29(31,32)33/h7-8,13-17,19,21H,2-6,9-12H2,1H3,(H,34,36)(H,37,41). The van der Waals surface area contributed by atoms with Gasteiger partial charge >= 0.3 is 6.18 Å². The topological polar surface area (TPSA) is 89.9 Å². The lowest BCUT2D eigenvalue weighted by atomic mass is 9.95. The average molecular weight is 573 g/mol. The maximum Gasteiger partial charge on any atom is 0.414 e. The number of piperazine rings is 1. The summed E-state index contributed by atoms with van der Waals surface area (Å²) < 4.78 is 56.5. The van der Waals surface area contributed by atoms with Gasteiger partial charge in [0.15, 0.2) is 0 Å². The van der Waals surface area contributed by atoms with E-state index in [-0.39, 0.29) is 11.3 Å². The second-order valence-electron chi connectivity index (χ2n) is 10.7. The third kappa shape index (κ3) is 6.75. The van der Waals surface area contributed by atoms with Gasteiger partial charge in [-0.3, -0.25) is 9.59 Å². The van der Waals surface area contributed by atoms with E-state index in [0.29, 0.717) is 61.6 Å². The average Bonchev–Trinajstić information content (AvgIpc) is 2.95. The van der Waals surface area contributed by atoms with Crippen molar-refractivity contribution in [1.82, 2.24) is 9.88 Å². The quantitative estimate of drug-likeness (QED) is 0.472. The van der Waals surface area contributed by atoms with Gasteiger partial charge in [0.1, 0.15) is 17.6 Å². The molecule has 3 heterocycles. The number of nitrogens with zero attached hydrogens (tertiary/aromatic N) is 4. The lowest BCUT2D eigenvalue weighted by Crippen LogP contribution is -2.45. The number of rotatable bonds is 6. The second-order valence-corrected chi connectivity index (χ2v) is 10.7. The van der Waals surface area contributed by atoms with Crippen molar-refractivity contribution in [3.63, 3.8) is 0 Å². The number of pyridine rings is 1. The van der Waals surface area contributed by atoms with Crippen molar-refractivity contribution in [3.8, 4) is 11.1 Å². The molecule has 1 atom stereocenters. The number of anilines is 3. The van der Waals surface area contributed by atoms with Crippen molar-refractivity contribution in [2.24, 2.45) is 10.9 Å². The first kappa shape index (κ1) is 28.7.